The van der Waals surface area contributed by atoms with Crippen LogP contribution in [0.25, 0.3) is 11.3 Å². The van der Waals surface area contributed by atoms with Crippen LogP contribution in [-0.4, -0.2) is 20.2 Å². The van der Waals surface area contributed by atoms with Crippen molar-refractivity contribution in [1.29, 1.82) is 0 Å². The van der Waals surface area contributed by atoms with Gasteiger partial charge in [-0.05, 0) is 29.9 Å². The first kappa shape index (κ1) is 20.9. The first-order valence-electron chi connectivity index (χ1n) is 11.0. The molecule has 0 bridgehead atoms. The fourth-order valence-corrected chi connectivity index (χ4v) is 5.11. The summed E-state index contributed by atoms with van der Waals surface area (Å²) >= 11 is 1.54. The van der Waals surface area contributed by atoms with E-state index in [-0.39, 0.29) is 11.5 Å². The number of rotatable bonds is 7. The summed E-state index contributed by atoms with van der Waals surface area (Å²) in [5.74, 6) is 1.50. The Kier molecular flexibility index (Phi) is 6.72. The molecule has 1 aromatic carbocycles. The van der Waals surface area contributed by atoms with Gasteiger partial charge in [0.05, 0.1) is 17.1 Å². The number of nitrogens with zero attached hydrogens (tertiary/aromatic N) is 2. The molecule has 0 aliphatic heterocycles. The number of H-pyrrole nitrogens is 2. The monoisotopic (exact) mass is 422 g/mol. The van der Waals surface area contributed by atoms with E-state index in [1.165, 1.54) is 32.1 Å². The summed E-state index contributed by atoms with van der Waals surface area (Å²) in [5, 5.41) is 8.22. The SMILES string of the molecule is CC(C)c1c(CC2CCCCC2)nc(SCc2cc(-c3ccccc3)[nH]n2)[nH]c1=O. The molecular weight excluding hydrogens is 392 g/mol. The molecular formula is C24H30N4OS. The lowest BCUT2D eigenvalue weighted by Gasteiger charge is -2.22. The minimum Gasteiger partial charge on any atom is -0.301 e. The third-order valence-electron chi connectivity index (χ3n) is 5.87. The molecule has 30 heavy (non-hydrogen) atoms. The van der Waals surface area contributed by atoms with Crippen LogP contribution in [0.4, 0.5) is 0 Å². The topological polar surface area (TPSA) is 74.4 Å². The van der Waals surface area contributed by atoms with Gasteiger partial charge < -0.3 is 4.98 Å². The summed E-state index contributed by atoms with van der Waals surface area (Å²) in [7, 11) is 0. The van der Waals surface area contributed by atoms with Crippen molar-refractivity contribution in [2.75, 3.05) is 0 Å². The van der Waals surface area contributed by atoms with Gasteiger partial charge in [0.25, 0.3) is 5.56 Å². The van der Waals surface area contributed by atoms with E-state index in [1.54, 1.807) is 11.8 Å². The van der Waals surface area contributed by atoms with E-state index in [9.17, 15) is 4.79 Å². The van der Waals surface area contributed by atoms with Crippen LogP contribution in [0, 0.1) is 5.92 Å². The highest BCUT2D eigenvalue weighted by atomic mass is 32.2. The summed E-state index contributed by atoms with van der Waals surface area (Å²) in [6.07, 6.45) is 7.37. The van der Waals surface area contributed by atoms with E-state index in [1.807, 2.05) is 18.2 Å². The van der Waals surface area contributed by atoms with Gasteiger partial charge >= 0.3 is 0 Å². The molecule has 2 heterocycles. The fraction of sp³-hybridized carbons (Fsp3) is 0.458. The highest BCUT2D eigenvalue weighted by Crippen LogP contribution is 2.29. The Hall–Kier alpha value is -2.34. The van der Waals surface area contributed by atoms with Crippen molar-refractivity contribution in [2.45, 2.75) is 69.2 Å². The smallest absolute Gasteiger partial charge is 0.255 e. The Balaban J connectivity index is 1.50. The van der Waals surface area contributed by atoms with Crippen molar-refractivity contribution in [3.8, 4) is 11.3 Å². The number of benzene rings is 1. The summed E-state index contributed by atoms with van der Waals surface area (Å²) in [5.41, 5.74) is 4.93. The summed E-state index contributed by atoms with van der Waals surface area (Å²) in [6.45, 7) is 4.16. The van der Waals surface area contributed by atoms with E-state index in [0.717, 1.165) is 34.6 Å². The minimum absolute atomic E-state index is 0.0142. The molecule has 1 saturated carbocycles. The number of hydrogen-bond donors (Lipinski definition) is 2. The molecule has 2 aromatic heterocycles. The van der Waals surface area contributed by atoms with Crippen LogP contribution >= 0.6 is 11.8 Å². The first-order chi connectivity index (χ1) is 14.6. The quantitative estimate of drug-likeness (QED) is 0.378. The molecule has 0 radical (unpaired) electrons. The zero-order valence-electron chi connectivity index (χ0n) is 17.8. The molecule has 2 N–H and O–H groups in total. The molecule has 0 spiro atoms. The molecule has 0 unspecified atom stereocenters. The van der Waals surface area contributed by atoms with Gasteiger partial charge in [0.2, 0.25) is 0 Å². The van der Waals surface area contributed by atoms with Crippen LogP contribution < -0.4 is 5.56 Å². The average molecular weight is 423 g/mol. The van der Waals surface area contributed by atoms with Crippen molar-refractivity contribution in [3.05, 3.63) is 63.7 Å². The van der Waals surface area contributed by atoms with Gasteiger partial charge in [-0.1, -0.05) is 88.0 Å². The third-order valence-corrected chi connectivity index (χ3v) is 6.78. The zero-order chi connectivity index (χ0) is 20.9. The molecule has 5 nitrogen and oxygen atoms in total. The van der Waals surface area contributed by atoms with Crippen molar-refractivity contribution in [2.24, 2.45) is 5.92 Å². The molecule has 0 saturated heterocycles. The van der Waals surface area contributed by atoms with E-state index < -0.39 is 0 Å². The van der Waals surface area contributed by atoms with Gasteiger partial charge in [0.15, 0.2) is 5.16 Å². The highest BCUT2D eigenvalue weighted by Gasteiger charge is 2.21. The second kappa shape index (κ2) is 9.65. The van der Waals surface area contributed by atoms with Crippen LogP contribution in [0.5, 0.6) is 0 Å². The fourth-order valence-electron chi connectivity index (χ4n) is 4.34. The maximum absolute atomic E-state index is 12.8. The van der Waals surface area contributed by atoms with Crippen LogP contribution in [0.1, 0.15) is 68.8 Å². The Labute approximate surface area is 182 Å². The van der Waals surface area contributed by atoms with Crippen molar-refractivity contribution < 1.29 is 0 Å². The van der Waals surface area contributed by atoms with Crippen LogP contribution in [-0.2, 0) is 12.2 Å². The molecule has 1 aliphatic rings. The lowest BCUT2D eigenvalue weighted by molar-refractivity contribution is 0.352. The van der Waals surface area contributed by atoms with Crippen LogP contribution in [0.2, 0.25) is 0 Å². The standard InChI is InChI=1S/C24H30N4OS/c1-16(2)22-21(13-17-9-5-3-6-10-17)25-24(26-23(22)29)30-15-19-14-20(28-27-19)18-11-7-4-8-12-18/h4,7-8,11-12,14,16-17H,3,5-6,9-10,13,15H2,1-2H3,(H,27,28)(H,25,26,29). The Morgan fingerprint density at radius 3 is 2.63 bits per heavy atom. The lowest BCUT2D eigenvalue weighted by atomic mass is 9.84. The summed E-state index contributed by atoms with van der Waals surface area (Å²) in [4.78, 5) is 20.7. The largest absolute Gasteiger partial charge is 0.301 e. The molecule has 158 valence electrons. The van der Waals surface area contributed by atoms with E-state index in [0.29, 0.717) is 16.8 Å². The van der Waals surface area contributed by atoms with Gasteiger partial charge in [0, 0.05) is 11.3 Å². The maximum Gasteiger partial charge on any atom is 0.255 e. The van der Waals surface area contributed by atoms with Gasteiger partial charge in [-0.3, -0.25) is 9.89 Å². The molecule has 0 atom stereocenters. The van der Waals surface area contributed by atoms with Gasteiger partial charge in [-0.15, -0.1) is 0 Å². The first-order valence-corrected chi connectivity index (χ1v) is 11.9. The number of aromatic nitrogens is 4. The van der Waals surface area contributed by atoms with Gasteiger partial charge in [0.1, 0.15) is 0 Å². The zero-order valence-corrected chi connectivity index (χ0v) is 18.6. The molecule has 3 aromatic rings. The number of aromatic amines is 2. The molecule has 1 aliphatic carbocycles. The Morgan fingerprint density at radius 2 is 1.90 bits per heavy atom. The minimum atomic E-state index is 0.0142. The Bertz CT molecular complexity index is 1020. The predicted molar refractivity (Wildman–Crippen MR) is 123 cm³/mol. The number of thioether (sulfide) groups is 1. The predicted octanol–water partition coefficient (Wildman–Crippen LogP) is 5.70. The highest BCUT2D eigenvalue weighted by molar-refractivity contribution is 7.98. The number of nitrogens with one attached hydrogen (secondary N) is 2. The molecule has 1 fully saturated rings. The lowest BCUT2D eigenvalue weighted by Crippen LogP contribution is -2.22. The van der Waals surface area contributed by atoms with E-state index in [4.69, 9.17) is 4.98 Å². The summed E-state index contributed by atoms with van der Waals surface area (Å²) < 4.78 is 0. The third kappa shape index (κ3) is 5.04. The van der Waals surface area contributed by atoms with Gasteiger partial charge in [-0.25, -0.2) is 4.98 Å². The Morgan fingerprint density at radius 1 is 1.13 bits per heavy atom. The van der Waals surface area contributed by atoms with E-state index >= 15 is 0 Å². The molecule has 0 amide bonds. The second-order valence-corrected chi connectivity index (χ2v) is 9.49. The van der Waals surface area contributed by atoms with Crippen LogP contribution in [0.15, 0.2) is 46.3 Å². The molecule has 6 heteroatoms. The molecule has 4 rings (SSSR count). The number of hydrogen-bond acceptors (Lipinski definition) is 4. The second-order valence-electron chi connectivity index (χ2n) is 8.52. The van der Waals surface area contributed by atoms with Crippen LogP contribution in [0.3, 0.4) is 0 Å². The van der Waals surface area contributed by atoms with Crippen molar-refractivity contribution in [3.63, 3.8) is 0 Å². The summed E-state index contributed by atoms with van der Waals surface area (Å²) in [6, 6.07) is 12.2. The van der Waals surface area contributed by atoms with Gasteiger partial charge in [-0.2, -0.15) is 5.10 Å². The van der Waals surface area contributed by atoms with Crippen molar-refractivity contribution >= 4 is 11.8 Å². The van der Waals surface area contributed by atoms with E-state index in [2.05, 4.69) is 47.2 Å². The maximum atomic E-state index is 12.8. The van der Waals surface area contributed by atoms with Crippen molar-refractivity contribution in [1.82, 2.24) is 20.2 Å². The average Bonchev–Trinajstić information content (AvgIpc) is 3.22. The normalized spacial score (nSPS) is 15.0.